The Morgan fingerprint density at radius 3 is 2.52 bits per heavy atom. The van der Waals surface area contributed by atoms with Crippen molar-refractivity contribution in [2.75, 3.05) is 0 Å². The van der Waals surface area contributed by atoms with Gasteiger partial charge in [0.1, 0.15) is 5.75 Å². The molecule has 3 aromatic carbocycles. The van der Waals surface area contributed by atoms with Crippen LogP contribution in [0, 0.1) is 6.92 Å². The molecule has 3 aromatic rings. The van der Waals surface area contributed by atoms with Crippen LogP contribution in [0.15, 0.2) is 82.4 Å². The van der Waals surface area contributed by atoms with Crippen molar-refractivity contribution in [2.24, 2.45) is 5.10 Å². The molecule has 0 aliphatic carbocycles. The molecule has 0 bridgehead atoms. The summed E-state index contributed by atoms with van der Waals surface area (Å²) in [5.41, 5.74) is 5.28. The number of hydrogen-bond acceptors (Lipinski definition) is 4. The number of nitrogens with zero attached hydrogens (tertiary/aromatic N) is 1. The van der Waals surface area contributed by atoms with E-state index in [0.29, 0.717) is 16.9 Å². The summed E-state index contributed by atoms with van der Waals surface area (Å²) < 4.78 is 6.35. The van der Waals surface area contributed by atoms with Gasteiger partial charge < -0.3 is 4.74 Å². The van der Waals surface area contributed by atoms with Gasteiger partial charge in [-0.25, -0.2) is 10.2 Å². The number of aryl methyl sites for hydroxylation is 1. The minimum Gasteiger partial charge on any atom is -0.422 e. The number of rotatable bonds is 6. The molecule has 29 heavy (non-hydrogen) atoms. The lowest BCUT2D eigenvalue weighted by Gasteiger charge is -2.09. The Morgan fingerprint density at radius 2 is 1.76 bits per heavy atom. The number of amides is 1. The van der Waals surface area contributed by atoms with Crippen molar-refractivity contribution in [2.45, 2.75) is 13.3 Å². The molecule has 1 amide bonds. The highest BCUT2D eigenvalue weighted by molar-refractivity contribution is 9.10. The number of hydrogen-bond donors (Lipinski definition) is 1. The normalized spacial score (nSPS) is 10.7. The molecule has 0 saturated carbocycles. The third kappa shape index (κ3) is 5.86. The van der Waals surface area contributed by atoms with E-state index in [-0.39, 0.29) is 12.3 Å². The molecular formula is C23H19BrN2O3. The van der Waals surface area contributed by atoms with E-state index in [9.17, 15) is 9.59 Å². The average molecular weight is 451 g/mol. The molecule has 0 spiro atoms. The quantitative estimate of drug-likeness (QED) is 0.256. The number of halogens is 1. The highest BCUT2D eigenvalue weighted by Gasteiger charge is 2.13. The van der Waals surface area contributed by atoms with Crippen LogP contribution in [0.5, 0.6) is 5.75 Å². The molecule has 0 aromatic heterocycles. The van der Waals surface area contributed by atoms with Crippen molar-refractivity contribution < 1.29 is 14.3 Å². The van der Waals surface area contributed by atoms with Crippen LogP contribution in [0.3, 0.4) is 0 Å². The second kappa shape index (κ2) is 9.80. The van der Waals surface area contributed by atoms with Crippen LogP contribution in [0.1, 0.15) is 27.0 Å². The predicted molar refractivity (Wildman–Crippen MR) is 116 cm³/mol. The van der Waals surface area contributed by atoms with Crippen LogP contribution in [-0.4, -0.2) is 18.1 Å². The zero-order valence-corrected chi connectivity index (χ0v) is 17.3. The first-order chi connectivity index (χ1) is 14.0. The number of benzene rings is 3. The van der Waals surface area contributed by atoms with Crippen molar-refractivity contribution in [1.82, 2.24) is 5.43 Å². The van der Waals surface area contributed by atoms with Crippen molar-refractivity contribution in [1.29, 1.82) is 0 Å². The van der Waals surface area contributed by atoms with E-state index in [2.05, 4.69) is 26.5 Å². The van der Waals surface area contributed by atoms with E-state index in [4.69, 9.17) is 4.74 Å². The van der Waals surface area contributed by atoms with Crippen LogP contribution < -0.4 is 10.2 Å². The summed E-state index contributed by atoms with van der Waals surface area (Å²) in [6, 6.07) is 21.8. The number of carbonyl (C=O) groups is 2. The summed E-state index contributed by atoms with van der Waals surface area (Å²) in [6.07, 6.45) is 1.68. The minimum atomic E-state index is -0.451. The smallest absolute Gasteiger partial charge is 0.343 e. The molecule has 0 fully saturated rings. The van der Waals surface area contributed by atoms with E-state index in [1.165, 1.54) is 6.21 Å². The summed E-state index contributed by atoms with van der Waals surface area (Å²) in [6.45, 7) is 1.85. The van der Waals surface area contributed by atoms with E-state index in [0.717, 1.165) is 15.6 Å². The molecule has 0 atom stereocenters. The second-order valence-corrected chi connectivity index (χ2v) is 7.26. The van der Waals surface area contributed by atoms with Gasteiger partial charge in [-0.3, -0.25) is 4.79 Å². The topological polar surface area (TPSA) is 67.8 Å². The largest absolute Gasteiger partial charge is 0.422 e. The van der Waals surface area contributed by atoms with Crippen molar-refractivity contribution >= 4 is 34.0 Å². The maximum atomic E-state index is 12.5. The maximum absolute atomic E-state index is 12.5. The van der Waals surface area contributed by atoms with E-state index in [1.807, 2.05) is 49.4 Å². The Bertz CT molecular complexity index is 1050. The molecule has 0 saturated heterocycles. The molecule has 3 rings (SSSR count). The summed E-state index contributed by atoms with van der Waals surface area (Å²) in [5.74, 6) is -0.336. The minimum absolute atomic E-state index is 0.228. The molecule has 6 heteroatoms. The van der Waals surface area contributed by atoms with Gasteiger partial charge in [-0.2, -0.15) is 5.10 Å². The molecule has 0 aliphatic heterocycles. The molecular weight excluding hydrogens is 432 g/mol. The van der Waals surface area contributed by atoms with Crippen LogP contribution in [0.2, 0.25) is 0 Å². The third-order valence-corrected chi connectivity index (χ3v) is 4.63. The van der Waals surface area contributed by atoms with Gasteiger partial charge in [0.05, 0.1) is 18.2 Å². The lowest BCUT2D eigenvalue weighted by atomic mass is 10.1. The van der Waals surface area contributed by atoms with Gasteiger partial charge in [0, 0.05) is 10.0 Å². The Hall–Kier alpha value is -3.25. The first kappa shape index (κ1) is 20.5. The summed E-state index contributed by atoms with van der Waals surface area (Å²) in [7, 11) is 0. The SMILES string of the molecule is Cc1ccccc1C(=O)Oc1ccc(Br)cc1C=NNC(=O)Cc1ccccc1. The zero-order chi connectivity index (χ0) is 20.6. The Balaban J connectivity index is 1.70. The highest BCUT2D eigenvalue weighted by Crippen LogP contribution is 2.23. The van der Waals surface area contributed by atoms with Gasteiger partial charge in [-0.05, 0) is 42.3 Å². The van der Waals surface area contributed by atoms with Crippen molar-refractivity contribution in [3.05, 3.63) is 99.5 Å². The lowest BCUT2D eigenvalue weighted by Crippen LogP contribution is -2.19. The van der Waals surface area contributed by atoms with Gasteiger partial charge in [-0.15, -0.1) is 0 Å². The van der Waals surface area contributed by atoms with Crippen molar-refractivity contribution in [3.63, 3.8) is 0 Å². The van der Waals surface area contributed by atoms with Gasteiger partial charge >= 0.3 is 5.97 Å². The van der Waals surface area contributed by atoms with Crippen molar-refractivity contribution in [3.8, 4) is 5.75 Å². The van der Waals surface area contributed by atoms with Gasteiger partial charge in [0.2, 0.25) is 5.91 Å². The lowest BCUT2D eigenvalue weighted by molar-refractivity contribution is -0.120. The summed E-state index contributed by atoms with van der Waals surface area (Å²) >= 11 is 3.39. The third-order valence-electron chi connectivity index (χ3n) is 4.14. The Labute approximate surface area is 177 Å². The predicted octanol–water partition coefficient (Wildman–Crippen LogP) is 4.67. The number of hydrazone groups is 1. The molecule has 146 valence electrons. The summed E-state index contributed by atoms with van der Waals surface area (Å²) in [5, 5.41) is 4.00. The first-order valence-corrected chi connectivity index (χ1v) is 9.75. The molecule has 0 heterocycles. The van der Waals surface area contributed by atoms with Gasteiger partial charge in [-0.1, -0.05) is 64.5 Å². The van der Waals surface area contributed by atoms with E-state index >= 15 is 0 Å². The zero-order valence-electron chi connectivity index (χ0n) is 15.8. The molecule has 0 radical (unpaired) electrons. The molecule has 5 nitrogen and oxygen atoms in total. The van der Waals surface area contributed by atoms with Crippen LogP contribution >= 0.6 is 15.9 Å². The monoisotopic (exact) mass is 450 g/mol. The Kier molecular flexibility index (Phi) is 6.92. The number of ether oxygens (including phenoxy) is 1. The fourth-order valence-electron chi connectivity index (χ4n) is 2.66. The molecule has 1 N–H and O–H groups in total. The fraction of sp³-hybridized carbons (Fsp3) is 0.0870. The first-order valence-electron chi connectivity index (χ1n) is 8.96. The Morgan fingerprint density at radius 1 is 1.03 bits per heavy atom. The van der Waals surface area contributed by atoms with Gasteiger partial charge in [0.25, 0.3) is 0 Å². The number of nitrogens with one attached hydrogen (secondary N) is 1. The fourth-order valence-corrected chi connectivity index (χ4v) is 3.04. The number of esters is 1. The average Bonchev–Trinajstić information content (AvgIpc) is 2.71. The van der Waals surface area contributed by atoms with Gasteiger partial charge in [0.15, 0.2) is 0 Å². The standard InChI is InChI=1S/C23H19BrN2O3/c1-16-7-5-6-10-20(16)23(28)29-21-12-11-19(24)14-18(21)15-25-26-22(27)13-17-8-3-2-4-9-17/h2-12,14-15H,13H2,1H3,(H,26,27). The highest BCUT2D eigenvalue weighted by atomic mass is 79.9. The summed E-state index contributed by atoms with van der Waals surface area (Å²) in [4.78, 5) is 24.5. The van der Waals surface area contributed by atoms with Crippen LogP contribution in [0.4, 0.5) is 0 Å². The second-order valence-electron chi connectivity index (χ2n) is 6.34. The number of carbonyl (C=O) groups excluding carboxylic acids is 2. The van der Waals surface area contributed by atoms with Crippen LogP contribution in [-0.2, 0) is 11.2 Å². The molecule has 0 unspecified atom stereocenters. The maximum Gasteiger partial charge on any atom is 0.343 e. The van der Waals surface area contributed by atoms with Crippen LogP contribution in [0.25, 0.3) is 0 Å². The van der Waals surface area contributed by atoms with E-state index < -0.39 is 5.97 Å². The van der Waals surface area contributed by atoms with E-state index in [1.54, 1.807) is 30.3 Å². The molecule has 0 aliphatic rings.